The van der Waals surface area contributed by atoms with E-state index in [2.05, 4.69) is 28.0 Å². The summed E-state index contributed by atoms with van der Waals surface area (Å²) in [5.74, 6) is 1.81. The van der Waals surface area contributed by atoms with Crippen LogP contribution in [0.2, 0.25) is 0 Å². The molecule has 5 rings (SSSR count). The van der Waals surface area contributed by atoms with Crippen LogP contribution in [-0.4, -0.2) is 48.5 Å². The van der Waals surface area contributed by atoms with E-state index in [0.717, 1.165) is 82.4 Å². The minimum absolute atomic E-state index is 0.138. The van der Waals surface area contributed by atoms with Gasteiger partial charge in [-0.2, -0.15) is 0 Å². The molecule has 0 radical (unpaired) electrons. The van der Waals surface area contributed by atoms with E-state index in [0.29, 0.717) is 25.0 Å². The van der Waals surface area contributed by atoms with Gasteiger partial charge in [0.05, 0.1) is 0 Å². The van der Waals surface area contributed by atoms with E-state index >= 15 is 0 Å². The lowest BCUT2D eigenvalue weighted by molar-refractivity contribution is -0.135. The molecule has 0 N–H and O–H groups in total. The molecule has 1 aliphatic carbocycles. The summed E-state index contributed by atoms with van der Waals surface area (Å²) in [7, 11) is 0. The van der Waals surface area contributed by atoms with E-state index in [1.54, 1.807) is 12.1 Å². The molecule has 3 aliphatic rings. The smallest absolute Gasteiger partial charge is 0.222 e. The maximum atomic E-state index is 14.6. The second-order valence-electron chi connectivity index (χ2n) is 11.7. The van der Waals surface area contributed by atoms with Gasteiger partial charge in [0.1, 0.15) is 18.2 Å². The summed E-state index contributed by atoms with van der Waals surface area (Å²) in [4.78, 5) is 17.6. The third kappa shape index (κ3) is 6.93. The van der Waals surface area contributed by atoms with Gasteiger partial charge in [-0.15, -0.1) is 0 Å². The fourth-order valence-electron chi connectivity index (χ4n) is 6.82. The molecule has 2 fully saturated rings. The average Bonchev–Trinajstić information content (AvgIpc) is 3.41. The summed E-state index contributed by atoms with van der Waals surface area (Å²) < 4.78 is 20.9. The van der Waals surface area contributed by atoms with Crippen LogP contribution in [0.3, 0.4) is 0 Å². The molecule has 4 nitrogen and oxygen atoms in total. The number of benzene rings is 2. The lowest BCUT2D eigenvalue weighted by Crippen LogP contribution is -2.48. The van der Waals surface area contributed by atoms with Gasteiger partial charge in [-0.25, -0.2) is 4.39 Å². The molecule has 200 valence electrons. The molecule has 37 heavy (non-hydrogen) atoms. The number of likely N-dealkylation sites (tertiary alicyclic amines) is 1. The number of nitrogens with zero attached hydrogens (tertiary/aromatic N) is 2. The standard InChI is InChI=1S/C32H43FN2O2/c33-29-14-5-3-13-28(29)24-34-21-22-37-30-15-6-4-11-27(30)12-7-8-16-32(25-34)17-19-35(20-18-32)31(36)23-26-9-1-2-10-26/h3-6,11,13-15,26H,1-2,7-10,12,16-25H2. The normalized spacial score (nSPS) is 21.6. The van der Waals surface area contributed by atoms with Gasteiger partial charge in [0.25, 0.3) is 0 Å². The first-order valence-corrected chi connectivity index (χ1v) is 14.5. The van der Waals surface area contributed by atoms with E-state index in [4.69, 9.17) is 4.74 Å². The van der Waals surface area contributed by atoms with Gasteiger partial charge in [-0.1, -0.05) is 55.7 Å². The number of ether oxygens (including phenoxy) is 1. The van der Waals surface area contributed by atoms with Crippen LogP contribution in [0, 0.1) is 17.2 Å². The first-order valence-electron chi connectivity index (χ1n) is 14.5. The molecule has 2 heterocycles. The van der Waals surface area contributed by atoms with Crippen LogP contribution in [0.25, 0.3) is 0 Å². The fourth-order valence-corrected chi connectivity index (χ4v) is 6.82. The minimum Gasteiger partial charge on any atom is -0.492 e. The zero-order chi connectivity index (χ0) is 25.5. The number of aryl methyl sites for hydroxylation is 1. The summed E-state index contributed by atoms with van der Waals surface area (Å²) in [5.41, 5.74) is 2.19. The molecule has 2 aliphatic heterocycles. The van der Waals surface area contributed by atoms with Crippen molar-refractivity contribution in [1.82, 2.24) is 9.80 Å². The number of hydrogen-bond acceptors (Lipinski definition) is 3. The first-order chi connectivity index (χ1) is 18.1. The SMILES string of the molecule is O=C(CC1CCCC1)N1CCC2(CCCCc3ccccc3OCCN(Cc3ccccc3F)C2)CC1. The maximum Gasteiger partial charge on any atom is 0.222 e. The summed E-state index contributed by atoms with van der Waals surface area (Å²) in [6, 6.07) is 15.5. The second kappa shape index (κ2) is 12.4. The van der Waals surface area contributed by atoms with Crippen molar-refractivity contribution < 1.29 is 13.9 Å². The Bertz CT molecular complexity index is 1030. The second-order valence-corrected chi connectivity index (χ2v) is 11.7. The Morgan fingerprint density at radius 2 is 1.68 bits per heavy atom. The van der Waals surface area contributed by atoms with Crippen LogP contribution >= 0.6 is 0 Å². The van der Waals surface area contributed by atoms with Crippen molar-refractivity contribution in [2.24, 2.45) is 11.3 Å². The van der Waals surface area contributed by atoms with Crippen LogP contribution < -0.4 is 4.74 Å². The van der Waals surface area contributed by atoms with E-state index in [-0.39, 0.29) is 11.2 Å². The third-order valence-electron chi connectivity index (χ3n) is 9.07. The van der Waals surface area contributed by atoms with Crippen LogP contribution in [0.4, 0.5) is 4.39 Å². The van der Waals surface area contributed by atoms with Crippen molar-refractivity contribution in [3.8, 4) is 5.75 Å². The van der Waals surface area contributed by atoms with Crippen LogP contribution in [0.5, 0.6) is 5.75 Å². The predicted molar refractivity (Wildman–Crippen MR) is 146 cm³/mol. The van der Waals surface area contributed by atoms with Gasteiger partial charge in [0.15, 0.2) is 0 Å². The largest absolute Gasteiger partial charge is 0.492 e. The summed E-state index contributed by atoms with van der Waals surface area (Å²) in [5, 5.41) is 0. The molecule has 2 aromatic carbocycles. The van der Waals surface area contributed by atoms with Gasteiger partial charge >= 0.3 is 0 Å². The zero-order valence-corrected chi connectivity index (χ0v) is 22.3. The highest BCUT2D eigenvalue weighted by Gasteiger charge is 2.37. The fraction of sp³-hybridized carbons (Fsp3) is 0.594. The highest BCUT2D eigenvalue weighted by molar-refractivity contribution is 5.76. The van der Waals surface area contributed by atoms with Crippen molar-refractivity contribution in [2.75, 3.05) is 32.8 Å². The lowest BCUT2D eigenvalue weighted by Gasteiger charge is -2.45. The molecule has 1 saturated carbocycles. The average molecular weight is 507 g/mol. The van der Waals surface area contributed by atoms with Gasteiger partial charge in [-0.05, 0) is 74.0 Å². The molecule has 1 saturated heterocycles. The summed E-state index contributed by atoms with van der Waals surface area (Å²) in [6.45, 7) is 4.58. The Labute approximate surface area is 222 Å². The summed E-state index contributed by atoms with van der Waals surface area (Å²) in [6.07, 6.45) is 12.3. The maximum absolute atomic E-state index is 14.6. The number of para-hydroxylation sites is 1. The quantitative estimate of drug-likeness (QED) is 0.467. The van der Waals surface area contributed by atoms with Gasteiger partial charge in [0.2, 0.25) is 5.91 Å². The van der Waals surface area contributed by atoms with E-state index in [1.165, 1.54) is 31.2 Å². The zero-order valence-electron chi connectivity index (χ0n) is 22.3. The first kappa shape index (κ1) is 26.2. The Balaban J connectivity index is 1.30. The molecule has 1 spiro atoms. The highest BCUT2D eigenvalue weighted by atomic mass is 19.1. The van der Waals surface area contributed by atoms with Gasteiger partial charge in [0, 0.05) is 44.7 Å². The van der Waals surface area contributed by atoms with Crippen LogP contribution in [0.15, 0.2) is 48.5 Å². The number of amides is 1. The predicted octanol–water partition coefficient (Wildman–Crippen LogP) is 6.62. The lowest BCUT2D eigenvalue weighted by atomic mass is 9.73. The Kier molecular flexibility index (Phi) is 8.81. The summed E-state index contributed by atoms with van der Waals surface area (Å²) >= 11 is 0. The van der Waals surface area contributed by atoms with Crippen molar-refractivity contribution in [1.29, 1.82) is 0 Å². The third-order valence-corrected chi connectivity index (χ3v) is 9.07. The number of hydrogen-bond donors (Lipinski definition) is 0. The molecule has 0 aromatic heterocycles. The molecular weight excluding hydrogens is 463 g/mol. The van der Waals surface area contributed by atoms with E-state index in [9.17, 15) is 9.18 Å². The van der Waals surface area contributed by atoms with E-state index < -0.39 is 0 Å². The molecule has 0 bridgehead atoms. The van der Waals surface area contributed by atoms with Crippen LogP contribution in [0.1, 0.15) is 75.3 Å². The minimum atomic E-state index is -0.138. The molecule has 5 heteroatoms. The van der Waals surface area contributed by atoms with Gasteiger partial charge in [-0.3, -0.25) is 9.69 Å². The molecule has 1 amide bonds. The monoisotopic (exact) mass is 506 g/mol. The van der Waals surface area contributed by atoms with Crippen molar-refractivity contribution in [3.63, 3.8) is 0 Å². The Morgan fingerprint density at radius 1 is 0.919 bits per heavy atom. The van der Waals surface area contributed by atoms with Crippen LogP contribution in [-0.2, 0) is 17.8 Å². The number of rotatable bonds is 4. The molecule has 0 atom stereocenters. The van der Waals surface area contributed by atoms with E-state index in [1.807, 2.05) is 18.2 Å². The van der Waals surface area contributed by atoms with Crippen molar-refractivity contribution >= 4 is 5.91 Å². The van der Waals surface area contributed by atoms with Gasteiger partial charge < -0.3 is 9.64 Å². The number of halogens is 1. The molecular formula is C32H43FN2O2. The Hall–Kier alpha value is -2.40. The highest BCUT2D eigenvalue weighted by Crippen LogP contribution is 2.39. The number of carbonyl (C=O) groups excluding carboxylic acids is 1. The number of carbonyl (C=O) groups is 1. The number of piperidine rings is 1. The van der Waals surface area contributed by atoms with Crippen molar-refractivity contribution in [3.05, 3.63) is 65.5 Å². The number of fused-ring (bicyclic) bond motifs is 1. The topological polar surface area (TPSA) is 32.8 Å². The Morgan fingerprint density at radius 3 is 2.49 bits per heavy atom. The van der Waals surface area contributed by atoms with Crippen molar-refractivity contribution in [2.45, 2.75) is 77.2 Å². The molecule has 2 aromatic rings. The molecule has 0 unspecified atom stereocenters.